The van der Waals surface area contributed by atoms with Crippen LogP contribution in [0.25, 0.3) is 0 Å². The predicted octanol–water partition coefficient (Wildman–Crippen LogP) is 2.68. The van der Waals surface area contributed by atoms with Crippen molar-refractivity contribution in [2.24, 2.45) is 0 Å². The summed E-state index contributed by atoms with van der Waals surface area (Å²) < 4.78 is 1.68. The lowest BCUT2D eigenvalue weighted by Gasteiger charge is -2.10. The monoisotopic (exact) mass is 358 g/mol. The number of rotatable bonds is 4. The summed E-state index contributed by atoms with van der Waals surface area (Å²) in [6, 6.07) is 3.88. The van der Waals surface area contributed by atoms with E-state index < -0.39 is 0 Å². The molecule has 5 heteroatoms. The number of carbonyl (C=O) groups excluding carboxylic acids is 1. The van der Waals surface area contributed by atoms with Gasteiger partial charge in [-0.25, -0.2) is 0 Å². The van der Waals surface area contributed by atoms with E-state index >= 15 is 0 Å². The van der Waals surface area contributed by atoms with Gasteiger partial charge in [-0.1, -0.05) is 5.92 Å². The molecule has 0 aliphatic carbocycles. The van der Waals surface area contributed by atoms with Crippen LogP contribution in [0.1, 0.15) is 5.56 Å². The molecule has 0 unspecified atom stereocenters. The smallest absolute Gasteiger partial charge is 0.238 e. The number of amides is 1. The minimum atomic E-state index is -0.134. The second-order valence-electron chi connectivity index (χ2n) is 3.46. The lowest BCUT2D eigenvalue weighted by Crippen LogP contribution is -2.28. The molecule has 90 valence electrons. The Kier molecular flexibility index (Phi) is 5.69. The summed E-state index contributed by atoms with van der Waals surface area (Å²) in [5, 5.41) is 5.63. The molecule has 3 nitrogen and oxygen atoms in total. The van der Waals surface area contributed by atoms with Gasteiger partial charge in [0.05, 0.1) is 18.8 Å². The van der Waals surface area contributed by atoms with Crippen molar-refractivity contribution < 1.29 is 4.79 Å². The van der Waals surface area contributed by atoms with Gasteiger partial charge in [0.25, 0.3) is 0 Å². The molecule has 17 heavy (non-hydrogen) atoms. The summed E-state index contributed by atoms with van der Waals surface area (Å²) in [6.07, 6.45) is 5.07. The van der Waals surface area contributed by atoms with Gasteiger partial charge in [0.1, 0.15) is 0 Å². The van der Waals surface area contributed by atoms with E-state index in [9.17, 15) is 4.79 Å². The zero-order valence-corrected chi connectivity index (χ0v) is 12.5. The Morgan fingerprint density at radius 2 is 2.00 bits per heavy atom. The van der Waals surface area contributed by atoms with E-state index in [1.54, 1.807) is 0 Å². The first-order chi connectivity index (χ1) is 8.04. The van der Waals surface area contributed by atoms with Crippen molar-refractivity contribution in [2.75, 3.05) is 18.4 Å². The SMILES string of the molecule is C#CCNCC(=O)Nc1c(Br)cc(C)cc1Br. The highest BCUT2D eigenvalue weighted by Gasteiger charge is 2.09. The molecule has 1 rings (SSSR count). The van der Waals surface area contributed by atoms with Gasteiger partial charge < -0.3 is 5.32 Å². The van der Waals surface area contributed by atoms with Crippen LogP contribution in [0.5, 0.6) is 0 Å². The van der Waals surface area contributed by atoms with Gasteiger partial charge in [-0.05, 0) is 56.5 Å². The molecule has 1 aromatic carbocycles. The Balaban J connectivity index is 2.69. The topological polar surface area (TPSA) is 41.1 Å². The molecule has 0 spiro atoms. The molecule has 0 aromatic heterocycles. The number of nitrogens with one attached hydrogen (secondary N) is 2. The third-order valence-electron chi connectivity index (χ3n) is 1.96. The molecule has 1 aromatic rings. The van der Waals surface area contributed by atoms with Crippen LogP contribution in [-0.2, 0) is 4.79 Å². The van der Waals surface area contributed by atoms with Crippen molar-refractivity contribution in [3.8, 4) is 12.3 Å². The number of anilines is 1. The fourth-order valence-electron chi connectivity index (χ4n) is 1.25. The highest BCUT2D eigenvalue weighted by Crippen LogP contribution is 2.32. The van der Waals surface area contributed by atoms with Crippen molar-refractivity contribution in [3.05, 3.63) is 26.6 Å². The van der Waals surface area contributed by atoms with E-state index in [0.29, 0.717) is 6.54 Å². The van der Waals surface area contributed by atoms with Crippen LogP contribution in [0.15, 0.2) is 21.1 Å². The lowest BCUT2D eigenvalue weighted by atomic mass is 10.2. The Hall–Kier alpha value is -0.830. The van der Waals surface area contributed by atoms with Crippen LogP contribution in [0.2, 0.25) is 0 Å². The molecule has 2 N–H and O–H groups in total. The normalized spacial score (nSPS) is 9.76. The summed E-state index contributed by atoms with van der Waals surface area (Å²) in [4.78, 5) is 11.6. The van der Waals surface area contributed by atoms with Gasteiger partial charge in [0.2, 0.25) is 5.91 Å². The first kappa shape index (κ1) is 14.2. The first-order valence-corrected chi connectivity index (χ1v) is 6.53. The second-order valence-corrected chi connectivity index (χ2v) is 5.17. The third-order valence-corrected chi connectivity index (χ3v) is 3.21. The Bertz CT molecular complexity index is 443. The summed E-state index contributed by atoms with van der Waals surface area (Å²) >= 11 is 6.82. The van der Waals surface area contributed by atoms with Gasteiger partial charge >= 0.3 is 0 Å². The summed E-state index contributed by atoms with van der Waals surface area (Å²) in [5.74, 6) is 2.27. The van der Waals surface area contributed by atoms with E-state index in [0.717, 1.165) is 20.2 Å². The number of aryl methyl sites for hydroxylation is 1. The molecule has 0 heterocycles. The van der Waals surface area contributed by atoms with Gasteiger partial charge in [-0.3, -0.25) is 10.1 Å². The van der Waals surface area contributed by atoms with Crippen LogP contribution < -0.4 is 10.6 Å². The zero-order valence-electron chi connectivity index (χ0n) is 9.31. The quantitative estimate of drug-likeness (QED) is 0.641. The van der Waals surface area contributed by atoms with Crippen LogP contribution in [0.4, 0.5) is 5.69 Å². The Morgan fingerprint density at radius 1 is 1.41 bits per heavy atom. The maximum absolute atomic E-state index is 11.6. The van der Waals surface area contributed by atoms with E-state index in [-0.39, 0.29) is 12.5 Å². The molecular formula is C12H12Br2N2O. The maximum Gasteiger partial charge on any atom is 0.238 e. The summed E-state index contributed by atoms with van der Waals surface area (Å²) in [6.45, 7) is 2.55. The molecule has 0 aliphatic heterocycles. The summed E-state index contributed by atoms with van der Waals surface area (Å²) in [5.41, 5.74) is 1.83. The largest absolute Gasteiger partial charge is 0.323 e. The maximum atomic E-state index is 11.6. The number of carbonyl (C=O) groups is 1. The number of terminal acetylenes is 1. The molecular weight excluding hydrogens is 348 g/mol. The number of hydrogen-bond acceptors (Lipinski definition) is 2. The predicted molar refractivity (Wildman–Crippen MR) is 76.9 cm³/mol. The van der Waals surface area contributed by atoms with Crippen molar-refractivity contribution in [1.29, 1.82) is 0 Å². The fourth-order valence-corrected chi connectivity index (χ4v) is 2.86. The molecule has 0 bridgehead atoms. The first-order valence-electron chi connectivity index (χ1n) is 4.94. The Morgan fingerprint density at radius 3 is 2.53 bits per heavy atom. The molecule has 0 fully saturated rings. The number of halogens is 2. The van der Waals surface area contributed by atoms with E-state index in [1.807, 2.05) is 19.1 Å². The van der Waals surface area contributed by atoms with Crippen molar-refractivity contribution in [1.82, 2.24) is 5.32 Å². The minimum Gasteiger partial charge on any atom is -0.323 e. The second kappa shape index (κ2) is 6.80. The van der Waals surface area contributed by atoms with Crippen LogP contribution in [0.3, 0.4) is 0 Å². The lowest BCUT2D eigenvalue weighted by molar-refractivity contribution is -0.115. The fraction of sp³-hybridized carbons (Fsp3) is 0.250. The highest BCUT2D eigenvalue weighted by molar-refractivity contribution is 9.11. The van der Waals surface area contributed by atoms with Crippen molar-refractivity contribution in [3.63, 3.8) is 0 Å². The van der Waals surface area contributed by atoms with Crippen LogP contribution in [0, 0.1) is 19.3 Å². The van der Waals surface area contributed by atoms with Gasteiger partial charge in [0.15, 0.2) is 0 Å². The van der Waals surface area contributed by atoms with Gasteiger partial charge in [-0.2, -0.15) is 0 Å². The average molecular weight is 360 g/mol. The Labute approximate surface area is 118 Å². The summed E-state index contributed by atoms with van der Waals surface area (Å²) in [7, 11) is 0. The average Bonchev–Trinajstić information content (AvgIpc) is 2.24. The molecule has 0 saturated heterocycles. The number of hydrogen-bond donors (Lipinski definition) is 2. The van der Waals surface area contributed by atoms with Crippen molar-refractivity contribution >= 4 is 43.5 Å². The molecule has 0 saturated carbocycles. The number of benzene rings is 1. The molecule has 0 radical (unpaired) electrons. The standard InChI is InChI=1S/C12H12Br2N2O/c1-3-4-15-7-11(17)16-12-9(13)5-8(2)6-10(12)14/h1,5-6,15H,4,7H2,2H3,(H,16,17). The van der Waals surface area contributed by atoms with E-state index in [2.05, 4.69) is 48.4 Å². The molecule has 1 amide bonds. The van der Waals surface area contributed by atoms with Gasteiger partial charge in [0, 0.05) is 8.95 Å². The van der Waals surface area contributed by atoms with Crippen LogP contribution >= 0.6 is 31.9 Å². The van der Waals surface area contributed by atoms with E-state index in [1.165, 1.54) is 0 Å². The molecule has 0 atom stereocenters. The van der Waals surface area contributed by atoms with Crippen molar-refractivity contribution in [2.45, 2.75) is 6.92 Å². The van der Waals surface area contributed by atoms with Gasteiger partial charge in [-0.15, -0.1) is 6.42 Å². The highest BCUT2D eigenvalue weighted by atomic mass is 79.9. The molecule has 0 aliphatic rings. The minimum absolute atomic E-state index is 0.134. The van der Waals surface area contributed by atoms with E-state index in [4.69, 9.17) is 6.42 Å². The van der Waals surface area contributed by atoms with Crippen LogP contribution in [-0.4, -0.2) is 19.0 Å². The zero-order chi connectivity index (χ0) is 12.8. The third kappa shape index (κ3) is 4.50.